The molecule has 1 unspecified atom stereocenters. The van der Waals surface area contributed by atoms with Crippen molar-refractivity contribution in [1.29, 1.82) is 0 Å². The average Bonchev–Trinajstić information content (AvgIpc) is 2.80. The van der Waals surface area contributed by atoms with Crippen LogP contribution in [0, 0.1) is 20.8 Å². The van der Waals surface area contributed by atoms with Gasteiger partial charge in [0.2, 0.25) is 5.91 Å². The van der Waals surface area contributed by atoms with Crippen LogP contribution in [0.1, 0.15) is 47.4 Å². The van der Waals surface area contributed by atoms with E-state index in [2.05, 4.69) is 10.5 Å². The number of nitrogens with zero attached hydrogens (tertiary/aromatic N) is 1. The Balaban J connectivity index is 2.07. The second-order valence-corrected chi connectivity index (χ2v) is 5.70. The van der Waals surface area contributed by atoms with Crippen LogP contribution < -0.4 is 5.32 Å². The lowest BCUT2D eigenvalue weighted by molar-refractivity contribution is -0.116. The molecule has 1 atom stereocenters. The van der Waals surface area contributed by atoms with E-state index < -0.39 is 0 Å². The van der Waals surface area contributed by atoms with Gasteiger partial charge in [-0.2, -0.15) is 0 Å². The highest BCUT2D eigenvalue weighted by atomic mass is 16.5. The number of amides is 1. The van der Waals surface area contributed by atoms with Gasteiger partial charge in [0.25, 0.3) is 0 Å². The van der Waals surface area contributed by atoms with Crippen LogP contribution in [0.25, 0.3) is 0 Å². The number of carbonyl (C=O) groups is 1. The highest BCUT2D eigenvalue weighted by Crippen LogP contribution is 2.26. The molecule has 0 aliphatic rings. The summed E-state index contributed by atoms with van der Waals surface area (Å²) in [5.74, 6) is 0.731. The number of benzene rings is 1. The monoisotopic (exact) mass is 302 g/mol. The summed E-state index contributed by atoms with van der Waals surface area (Å²) < 4.78 is 5.16. The normalized spacial score (nSPS) is 12.2. The van der Waals surface area contributed by atoms with Crippen LogP contribution in [0.15, 0.2) is 22.7 Å². The molecule has 5 nitrogen and oxygen atoms in total. The van der Waals surface area contributed by atoms with E-state index in [0.29, 0.717) is 6.42 Å². The first-order chi connectivity index (χ1) is 10.4. The van der Waals surface area contributed by atoms with Crippen LogP contribution >= 0.6 is 0 Å². The molecule has 0 aliphatic heterocycles. The largest absolute Gasteiger partial charge is 0.392 e. The molecular weight excluding hydrogens is 280 g/mol. The number of hydrogen-bond donors (Lipinski definition) is 2. The zero-order valence-corrected chi connectivity index (χ0v) is 13.4. The third-order valence-corrected chi connectivity index (χ3v) is 3.83. The molecule has 1 aromatic carbocycles. The van der Waals surface area contributed by atoms with Gasteiger partial charge in [0.15, 0.2) is 0 Å². The smallest absolute Gasteiger partial charge is 0.224 e. The first kappa shape index (κ1) is 16.2. The molecule has 1 aromatic heterocycles. The van der Waals surface area contributed by atoms with Crippen LogP contribution in [0.3, 0.4) is 0 Å². The Labute approximate surface area is 130 Å². The van der Waals surface area contributed by atoms with Crippen LogP contribution in [0.5, 0.6) is 0 Å². The van der Waals surface area contributed by atoms with Gasteiger partial charge in [-0.05, 0) is 43.9 Å². The minimum absolute atomic E-state index is 0.0348. The van der Waals surface area contributed by atoms with Gasteiger partial charge in [0, 0.05) is 17.7 Å². The highest BCUT2D eigenvalue weighted by Gasteiger charge is 2.19. The Morgan fingerprint density at radius 1 is 1.36 bits per heavy atom. The van der Waals surface area contributed by atoms with Crippen molar-refractivity contribution in [1.82, 2.24) is 5.16 Å². The number of aliphatic hydroxyl groups excluding tert-OH is 1. The minimum atomic E-state index is -0.0642. The van der Waals surface area contributed by atoms with Crippen LogP contribution in [0.2, 0.25) is 0 Å². The zero-order valence-electron chi connectivity index (χ0n) is 13.4. The Morgan fingerprint density at radius 2 is 2.09 bits per heavy atom. The second-order valence-electron chi connectivity index (χ2n) is 5.70. The van der Waals surface area contributed by atoms with Gasteiger partial charge in [-0.15, -0.1) is 0 Å². The number of aromatic nitrogens is 1. The number of carbonyl (C=O) groups excluding carboxylic acids is 1. The van der Waals surface area contributed by atoms with Crippen molar-refractivity contribution in [3.05, 3.63) is 46.3 Å². The molecule has 0 fully saturated rings. The van der Waals surface area contributed by atoms with Gasteiger partial charge in [-0.25, -0.2) is 0 Å². The van der Waals surface area contributed by atoms with Crippen molar-refractivity contribution < 1.29 is 14.4 Å². The SMILES string of the molecule is Cc1ccc(CO)cc1NC(=O)CC(C)c1c(C)noc1C. The number of aryl methyl sites for hydroxylation is 3. The standard InChI is InChI=1S/C17H22N2O3/c1-10-5-6-14(9-20)8-15(10)18-16(21)7-11(2)17-12(3)19-22-13(17)4/h5-6,8,11,20H,7,9H2,1-4H3,(H,18,21). The Kier molecular flexibility index (Phi) is 4.98. The van der Waals surface area contributed by atoms with Gasteiger partial charge in [-0.1, -0.05) is 24.2 Å². The number of hydrogen-bond acceptors (Lipinski definition) is 4. The molecule has 118 valence electrons. The summed E-state index contributed by atoms with van der Waals surface area (Å²) in [5.41, 5.74) is 4.31. The highest BCUT2D eigenvalue weighted by molar-refractivity contribution is 5.92. The Morgan fingerprint density at radius 3 is 2.68 bits per heavy atom. The lowest BCUT2D eigenvalue weighted by Crippen LogP contribution is -2.15. The fraction of sp³-hybridized carbons (Fsp3) is 0.412. The average molecular weight is 302 g/mol. The first-order valence-corrected chi connectivity index (χ1v) is 7.35. The third kappa shape index (κ3) is 3.54. The van der Waals surface area contributed by atoms with Gasteiger partial charge in [-0.3, -0.25) is 4.79 Å². The van der Waals surface area contributed by atoms with Crippen molar-refractivity contribution in [3.8, 4) is 0 Å². The third-order valence-electron chi connectivity index (χ3n) is 3.83. The predicted molar refractivity (Wildman–Crippen MR) is 84.7 cm³/mol. The predicted octanol–water partition coefficient (Wildman–Crippen LogP) is 3.22. The zero-order chi connectivity index (χ0) is 16.3. The molecular formula is C17H22N2O3. The van der Waals surface area contributed by atoms with Crippen molar-refractivity contribution in [2.75, 3.05) is 5.32 Å². The lowest BCUT2D eigenvalue weighted by atomic mass is 9.96. The summed E-state index contributed by atoms with van der Waals surface area (Å²) in [4.78, 5) is 12.3. The fourth-order valence-corrected chi connectivity index (χ4v) is 2.68. The summed E-state index contributed by atoms with van der Waals surface area (Å²) in [6.45, 7) is 7.62. The van der Waals surface area contributed by atoms with Gasteiger partial charge in [0.05, 0.1) is 12.3 Å². The quantitative estimate of drug-likeness (QED) is 0.889. The summed E-state index contributed by atoms with van der Waals surface area (Å²) >= 11 is 0. The molecule has 2 rings (SSSR count). The van der Waals surface area contributed by atoms with Crippen molar-refractivity contribution in [2.24, 2.45) is 0 Å². The number of nitrogens with one attached hydrogen (secondary N) is 1. The first-order valence-electron chi connectivity index (χ1n) is 7.35. The van der Waals surface area contributed by atoms with Gasteiger partial charge < -0.3 is 14.9 Å². The molecule has 0 radical (unpaired) electrons. The van der Waals surface area contributed by atoms with Crippen molar-refractivity contribution in [2.45, 2.75) is 46.6 Å². The van der Waals surface area contributed by atoms with E-state index >= 15 is 0 Å². The van der Waals surface area contributed by atoms with E-state index in [0.717, 1.165) is 33.8 Å². The molecule has 0 saturated carbocycles. The summed E-state index contributed by atoms with van der Waals surface area (Å²) in [5, 5.41) is 16.0. The Bertz CT molecular complexity index is 657. The maximum atomic E-state index is 12.3. The lowest BCUT2D eigenvalue weighted by Gasteiger charge is -2.13. The second kappa shape index (κ2) is 6.75. The molecule has 5 heteroatoms. The van der Waals surface area contributed by atoms with Crippen LogP contribution in [-0.2, 0) is 11.4 Å². The van der Waals surface area contributed by atoms with Gasteiger partial charge in [0.1, 0.15) is 5.76 Å². The maximum absolute atomic E-state index is 12.3. The molecule has 0 aliphatic carbocycles. The number of anilines is 1. The molecule has 2 N–H and O–H groups in total. The summed E-state index contributed by atoms with van der Waals surface area (Å²) in [7, 11) is 0. The fourth-order valence-electron chi connectivity index (χ4n) is 2.68. The molecule has 0 saturated heterocycles. The maximum Gasteiger partial charge on any atom is 0.224 e. The van der Waals surface area contributed by atoms with Crippen molar-refractivity contribution in [3.63, 3.8) is 0 Å². The molecule has 0 bridgehead atoms. The summed E-state index contributed by atoms with van der Waals surface area (Å²) in [6.07, 6.45) is 0.353. The van der Waals surface area contributed by atoms with Gasteiger partial charge >= 0.3 is 0 Å². The number of rotatable bonds is 5. The van der Waals surface area contributed by atoms with E-state index in [1.165, 1.54) is 0 Å². The van der Waals surface area contributed by atoms with E-state index in [1.807, 2.05) is 39.8 Å². The Hall–Kier alpha value is -2.14. The van der Waals surface area contributed by atoms with Crippen LogP contribution in [-0.4, -0.2) is 16.2 Å². The summed E-state index contributed by atoms with van der Waals surface area (Å²) in [6, 6.07) is 5.53. The number of aliphatic hydroxyl groups is 1. The van der Waals surface area contributed by atoms with E-state index in [4.69, 9.17) is 4.52 Å². The van der Waals surface area contributed by atoms with Crippen LogP contribution in [0.4, 0.5) is 5.69 Å². The topological polar surface area (TPSA) is 75.4 Å². The minimum Gasteiger partial charge on any atom is -0.392 e. The molecule has 1 amide bonds. The molecule has 1 heterocycles. The van der Waals surface area contributed by atoms with E-state index in [-0.39, 0.29) is 18.4 Å². The molecule has 2 aromatic rings. The van der Waals surface area contributed by atoms with E-state index in [9.17, 15) is 9.90 Å². The van der Waals surface area contributed by atoms with E-state index in [1.54, 1.807) is 6.07 Å². The van der Waals surface area contributed by atoms with Crippen molar-refractivity contribution >= 4 is 11.6 Å². The molecule has 22 heavy (non-hydrogen) atoms. The molecule has 0 spiro atoms.